The van der Waals surface area contributed by atoms with Gasteiger partial charge in [-0.3, -0.25) is 14.5 Å². The number of hydrogen-bond donors (Lipinski definition) is 2. The molecule has 0 saturated carbocycles. The fourth-order valence-electron chi connectivity index (χ4n) is 3.79. The first-order valence-electron chi connectivity index (χ1n) is 10.1. The summed E-state index contributed by atoms with van der Waals surface area (Å²) in [5.41, 5.74) is 3.47. The van der Waals surface area contributed by atoms with E-state index in [4.69, 9.17) is 0 Å². The second kappa shape index (κ2) is 8.28. The van der Waals surface area contributed by atoms with Crippen LogP contribution in [0.5, 0.6) is 0 Å². The predicted molar refractivity (Wildman–Crippen MR) is 121 cm³/mol. The first-order valence-corrected chi connectivity index (χ1v) is 10.9. The molecule has 4 aromatic rings. The number of anilines is 1. The van der Waals surface area contributed by atoms with E-state index < -0.39 is 0 Å². The number of nitrogens with one attached hydrogen (secondary N) is 2. The van der Waals surface area contributed by atoms with Gasteiger partial charge in [-0.2, -0.15) is 0 Å². The summed E-state index contributed by atoms with van der Waals surface area (Å²) >= 11 is 1.45. The number of para-hydroxylation sites is 1. The van der Waals surface area contributed by atoms with Gasteiger partial charge in [0.2, 0.25) is 5.91 Å². The maximum atomic E-state index is 13.2. The van der Waals surface area contributed by atoms with Crippen LogP contribution in [0, 0.1) is 0 Å². The molecule has 2 aromatic carbocycles. The van der Waals surface area contributed by atoms with E-state index in [0.29, 0.717) is 29.2 Å². The minimum atomic E-state index is -0.202. The molecule has 0 bridgehead atoms. The standard InChI is InChI=1S/C24H20N4O2S/c29-22(25-13-11-16-14-27-19-8-3-1-6-17(16)19)15-28-20-9-5-12-26-23(20)31-21-10-4-2-7-18(21)24(28)30/h1-10,12,14,27H,11,13,15H2,(H,25,29). The molecule has 2 aromatic heterocycles. The number of amides is 2. The maximum absolute atomic E-state index is 13.2. The number of nitrogens with zero attached hydrogens (tertiary/aromatic N) is 2. The lowest BCUT2D eigenvalue weighted by Gasteiger charge is -2.21. The highest BCUT2D eigenvalue weighted by Gasteiger charge is 2.29. The quantitative estimate of drug-likeness (QED) is 0.503. The fourth-order valence-corrected chi connectivity index (χ4v) is 4.81. The van der Waals surface area contributed by atoms with Crippen molar-refractivity contribution in [1.82, 2.24) is 15.3 Å². The molecular weight excluding hydrogens is 408 g/mol. The van der Waals surface area contributed by atoms with Crippen LogP contribution in [0.1, 0.15) is 15.9 Å². The molecule has 0 aliphatic carbocycles. The van der Waals surface area contributed by atoms with Gasteiger partial charge >= 0.3 is 0 Å². The lowest BCUT2D eigenvalue weighted by atomic mass is 10.1. The zero-order valence-electron chi connectivity index (χ0n) is 16.7. The minimum absolute atomic E-state index is 0.0553. The van der Waals surface area contributed by atoms with Crippen molar-refractivity contribution < 1.29 is 9.59 Å². The summed E-state index contributed by atoms with van der Waals surface area (Å²) in [7, 11) is 0. The number of aromatic nitrogens is 2. The van der Waals surface area contributed by atoms with E-state index in [1.165, 1.54) is 16.7 Å². The second-order valence-electron chi connectivity index (χ2n) is 7.28. The highest BCUT2D eigenvalue weighted by Crippen LogP contribution is 2.39. The third-order valence-corrected chi connectivity index (χ3v) is 6.39. The summed E-state index contributed by atoms with van der Waals surface area (Å²) in [6, 6.07) is 19.1. The lowest BCUT2D eigenvalue weighted by molar-refractivity contribution is -0.119. The summed E-state index contributed by atoms with van der Waals surface area (Å²) in [6.07, 6.45) is 4.38. The Hall–Kier alpha value is -3.58. The molecule has 2 amide bonds. The smallest absolute Gasteiger partial charge is 0.259 e. The molecule has 1 aliphatic rings. The Bertz CT molecular complexity index is 1280. The van der Waals surface area contributed by atoms with Gasteiger partial charge in [-0.1, -0.05) is 42.1 Å². The lowest BCUT2D eigenvalue weighted by Crippen LogP contribution is -2.41. The van der Waals surface area contributed by atoms with Crippen LogP contribution in [0.15, 0.2) is 83.0 Å². The van der Waals surface area contributed by atoms with Crippen molar-refractivity contribution in [3.05, 3.63) is 84.2 Å². The zero-order valence-corrected chi connectivity index (χ0v) is 17.5. The van der Waals surface area contributed by atoms with Crippen molar-refractivity contribution in [3.8, 4) is 0 Å². The average Bonchev–Trinajstić information content (AvgIpc) is 3.16. The van der Waals surface area contributed by atoms with E-state index in [2.05, 4.69) is 21.4 Å². The van der Waals surface area contributed by atoms with Gasteiger partial charge in [0.1, 0.15) is 11.6 Å². The van der Waals surface area contributed by atoms with E-state index >= 15 is 0 Å². The number of hydrogen-bond acceptors (Lipinski definition) is 4. The van der Waals surface area contributed by atoms with Crippen molar-refractivity contribution in [2.45, 2.75) is 16.3 Å². The Labute approximate surface area is 183 Å². The number of pyridine rings is 1. The molecular formula is C24H20N4O2S. The summed E-state index contributed by atoms with van der Waals surface area (Å²) in [6.45, 7) is 0.439. The average molecular weight is 429 g/mol. The number of carbonyl (C=O) groups is 2. The monoisotopic (exact) mass is 428 g/mol. The molecule has 1 aliphatic heterocycles. The second-order valence-corrected chi connectivity index (χ2v) is 8.31. The van der Waals surface area contributed by atoms with Crippen molar-refractivity contribution in [2.75, 3.05) is 18.0 Å². The molecule has 154 valence electrons. The molecule has 0 fully saturated rings. The van der Waals surface area contributed by atoms with Crippen LogP contribution in [0.4, 0.5) is 5.69 Å². The molecule has 31 heavy (non-hydrogen) atoms. The number of H-pyrrole nitrogens is 1. The summed E-state index contributed by atoms with van der Waals surface area (Å²) in [5, 5.41) is 4.83. The molecule has 0 saturated heterocycles. The Morgan fingerprint density at radius 1 is 1.06 bits per heavy atom. The van der Waals surface area contributed by atoms with E-state index in [1.807, 2.05) is 48.7 Å². The van der Waals surface area contributed by atoms with Crippen LogP contribution < -0.4 is 10.2 Å². The van der Waals surface area contributed by atoms with Crippen LogP contribution in [0.3, 0.4) is 0 Å². The SMILES string of the molecule is O=C(CN1C(=O)c2ccccc2Sc2ncccc21)NCCc1c[nH]c2ccccc12. The Kier molecular flexibility index (Phi) is 5.18. The number of aromatic amines is 1. The van der Waals surface area contributed by atoms with Gasteiger partial charge in [-0.25, -0.2) is 4.98 Å². The van der Waals surface area contributed by atoms with E-state index in [1.54, 1.807) is 18.3 Å². The summed E-state index contributed by atoms with van der Waals surface area (Å²) in [4.78, 5) is 36.0. The topological polar surface area (TPSA) is 78.1 Å². The molecule has 3 heterocycles. The van der Waals surface area contributed by atoms with Gasteiger partial charge in [0, 0.05) is 34.7 Å². The molecule has 0 radical (unpaired) electrons. The van der Waals surface area contributed by atoms with Gasteiger partial charge in [-0.15, -0.1) is 0 Å². The van der Waals surface area contributed by atoms with Gasteiger partial charge in [-0.05, 0) is 42.3 Å². The van der Waals surface area contributed by atoms with Gasteiger partial charge in [0.05, 0.1) is 11.3 Å². The molecule has 0 atom stereocenters. The van der Waals surface area contributed by atoms with Crippen LogP contribution in [0.25, 0.3) is 10.9 Å². The highest BCUT2D eigenvalue weighted by atomic mass is 32.2. The van der Waals surface area contributed by atoms with E-state index in [0.717, 1.165) is 21.4 Å². The van der Waals surface area contributed by atoms with Gasteiger partial charge in [0.15, 0.2) is 0 Å². The van der Waals surface area contributed by atoms with E-state index in [9.17, 15) is 9.59 Å². The van der Waals surface area contributed by atoms with Gasteiger partial charge < -0.3 is 10.3 Å². The van der Waals surface area contributed by atoms with Gasteiger partial charge in [0.25, 0.3) is 5.91 Å². The normalized spacial score (nSPS) is 12.9. The van der Waals surface area contributed by atoms with Crippen molar-refractivity contribution in [2.24, 2.45) is 0 Å². The minimum Gasteiger partial charge on any atom is -0.361 e. The number of benzene rings is 2. The van der Waals surface area contributed by atoms with Crippen LogP contribution >= 0.6 is 11.8 Å². The molecule has 0 spiro atoms. The van der Waals surface area contributed by atoms with Crippen LogP contribution in [-0.2, 0) is 11.2 Å². The Morgan fingerprint density at radius 2 is 1.90 bits per heavy atom. The fraction of sp³-hybridized carbons (Fsp3) is 0.125. The first-order chi connectivity index (χ1) is 15.2. The van der Waals surface area contributed by atoms with E-state index in [-0.39, 0.29) is 18.4 Å². The third kappa shape index (κ3) is 3.80. The predicted octanol–water partition coefficient (Wildman–Crippen LogP) is 4.03. The third-order valence-electron chi connectivity index (χ3n) is 5.30. The molecule has 7 heteroatoms. The number of rotatable bonds is 5. The largest absolute Gasteiger partial charge is 0.361 e. The van der Waals surface area contributed by atoms with Crippen molar-refractivity contribution in [3.63, 3.8) is 0 Å². The molecule has 5 rings (SSSR count). The van der Waals surface area contributed by atoms with Crippen LogP contribution in [-0.4, -0.2) is 34.9 Å². The maximum Gasteiger partial charge on any atom is 0.259 e. The van der Waals surface area contributed by atoms with Crippen molar-refractivity contribution >= 4 is 40.2 Å². The Balaban J connectivity index is 1.31. The first kappa shape index (κ1) is 19.4. The summed E-state index contributed by atoms with van der Waals surface area (Å²) in [5.74, 6) is -0.394. The number of carbonyl (C=O) groups excluding carboxylic acids is 2. The highest BCUT2D eigenvalue weighted by molar-refractivity contribution is 7.99. The zero-order chi connectivity index (χ0) is 21.2. The summed E-state index contributed by atoms with van der Waals surface area (Å²) < 4.78 is 0. The number of fused-ring (bicyclic) bond motifs is 3. The van der Waals surface area contributed by atoms with Crippen molar-refractivity contribution in [1.29, 1.82) is 0 Å². The Morgan fingerprint density at radius 3 is 2.84 bits per heavy atom. The van der Waals surface area contributed by atoms with Crippen LogP contribution in [0.2, 0.25) is 0 Å². The molecule has 0 unspecified atom stereocenters. The molecule has 2 N–H and O–H groups in total. The molecule has 6 nitrogen and oxygen atoms in total.